The van der Waals surface area contributed by atoms with Crippen LogP contribution in [0, 0.1) is 11.8 Å². The lowest BCUT2D eigenvalue weighted by Crippen LogP contribution is -2.35. The molecule has 0 bridgehead atoms. The molecule has 4 rings (SSSR count). The third-order valence-corrected chi connectivity index (χ3v) is 9.44. The second kappa shape index (κ2) is 11.6. The molecule has 39 heavy (non-hydrogen) atoms. The molecular weight excluding hydrogens is 516 g/mol. The molecule has 3 atom stereocenters. The fraction of sp³-hybridized carbons (Fsp3) is 0.536. The van der Waals surface area contributed by atoms with Gasteiger partial charge in [-0.05, 0) is 63.1 Å². The van der Waals surface area contributed by atoms with Crippen molar-refractivity contribution in [3.63, 3.8) is 0 Å². The first-order valence-electron chi connectivity index (χ1n) is 13.3. The maximum Gasteiger partial charge on any atom is 0.248 e. The second-order valence-corrected chi connectivity index (χ2v) is 13.6. The third kappa shape index (κ3) is 6.77. The summed E-state index contributed by atoms with van der Waals surface area (Å²) in [5, 5.41) is 7.97. The summed E-state index contributed by atoms with van der Waals surface area (Å²) in [5.74, 6) is 2.66. The zero-order chi connectivity index (χ0) is 28.4. The Morgan fingerprint density at radius 3 is 2.46 bits per heavy atom. The minimum Gasteiger partial charge on any atom is -0.419 e. The molecule has 0 aliphatic heterocycles. The molecule has 3 aromatic rings. The highest BCUT2D eigenvalue weighted by molar-refractivity contribution is 7.93. The topological polar surface area (TPSA) is 128 Å². The van der Waals surface area contributed by atoms with Crippen molar-refractivity contribution >= 4 is 21.7 Å². The fourth-order valence-electron chi connectivity index (χ4n) is 4.50. The smallest absolute Gasteiger partial charge is 0.248 e. The summed E-state index contributed by atoms with van der Waals surface area (Å²) >= 11 is 0. The Labute approximate surface area is 231 Å². The maximum atomic E-state index is 13.1. The molecule has 0 radical (unpaired) electrons. The normalized spacial score (nSPS) is 18.7. The number of pyridine rings is 1. The third-order valence-electron chi connectivity index (χ3n) is 7.29. The average Bonchev–Trinajstić information content (AvgIpc) is 3.36. The van der Waals surface area contributed by atoms with Gasteiger partial charge in [0.1, 0.15) is 11.6 Å². The van der Waals surface area contributed by atoms with Crippen molar-refractivity contribution in [3.8, 4) is 11.5 Å². The van der Waals surface area contributed by atoms with Gasteiger partial charge in [-0.2, -0.15) is 0 Å². The van der Waals surface area contributed by atoms with Crippen LogP contribution in [-0.4, -0.2) is 62.7 Å². The zero-order valence-corrected chi connectivity index (χ0v) is 24.5. The predicted octanol–water partition coefficient (Wildman–Crippen LogP) is 3.83. The monoisotopic (exact) mass is 556 g/mol. The van der Waals surface area contributed by atoms with Crippen molar-refractivity contribution in [2.75, 3.05) is 43.1 Å². The average molecular weight is 557 g/mol. The van der Waals surface area contributed by atoms with Gasteiger partial charge in [-0.3, -0.25) is 4.31 Å². The molecule has 2 heterocycles. The lowest BCUT2D eigenvalue weighted by Gasteiger charge is -2.27. The number of rotatable bonds is 13. The van der Waals surface area contributed by atoms with Gasteiger partial charge in [0.15, 0.2) is 0 Å². The molecule has 1 aliphatic rings. The van der Waals surface area contributed by atoms with Gasteiger partial charge in [0.05, 0.1) is 17.4 Å². The number of aromatic nitrogens is 3. The molecule has 2 aromatic heterocycles. The van der Waals surface area contributed by atoms with Gasteiger partial charge >= 0.3 is 0 Å². The number of hydrogen-bond acceptors (Lipinski definition) is 9. The molecule has 10 nitrogen and oxygen atoms in total. The minimum absolute atomic E-state index is 0.251. The van der Waals surface area contributed by atoms with Crippen LogP contribution >= 0.6 is 0 Å². The molecule has 1 fully saturated rings. The number of benzene rings is 1. The summed E-state index contributed by atoms with van der Waals surface area (Å²) in [5.41, 5.74) is 7.35. The van der Waals surface area contributed by atoms with Crippen LogP contribution in [0.3, 0.4) is 0 Å². The highest BCUT2D eigenvalue weighted by Gasteiger charge is 2.35. The van der Waals surface area contributed by atoms with Crippen LogP contribution in [-0.2, 0) is 26.7 Å². The summed E-state index contributed by atoms with van der Waals surface area (Å²) < 4.78 is 38.8. The van der Waals surface area contributed by atoms with E-state index in [1.807, 2.05) is 43.3 Å². The number of anilines is 2. The Bertz CT molecular complexity index is 1360. The van der Waals surface area contributed by atoms with Gasteiger partial charge in [0, 0.05) is 32.8 Å². The molecule has 0 spiro atoms. The predicted molar refractivity (Wildman–Crippen MR) is 153 cm³/mol. The fourth-order valence-corrected chi connectivity index (χ4v) is 5.49. The van der Waals surface area contributed by atoms with Crippen molar-refractivity contribution in [2.24, 2.45) is 17.6 Å². The Balaban J connectivity index is 1.73. The standard InChI is InChI=1S/C28H40N6O4S/c1-19(2)39(35,36)33(5)24-15-22(16-25(30-24)34(12-13-37-6)18-23-14-20(23)3)26-31-32-27(38-26)28(4,29)17-21-10-8-7-9-11-21/h7-11,15-16,19-20,23H,12-14,17-18,29H2,1-6H3. The van der Waals surface area contributed by atoms with E-state index in [1.54, 1.807) is 27.0 Å². The Morgan fingerprint density at radius 2 is 1.85 bits per heavy atom. The highest BCUT2D eigenvalue weighted by atomic mass is 32.2. The summed E-state index contributed by atoms with van der Waals surface area (Å²) in [6, 6.07) is 13.4. The molecule has 11 heteroatoms. The largest absolute Gasteiger partial charge is 0.419 e. The van der Waals surface area contributed by atoms with Crippen LogP contribution in [0.4, 0.5) is 11.6 Å². The maximum absolute atomic E-state index is 13.1. The lowest BCUT2D eigenvalue weighted by molar-refractivity contribution is 0.204. The molecular formula is C28H40N6O4S. The van der Waals surface area contributed by atoms with Gasteiger partial charge in [-0.25, -0.2) is 13.4 Å². The first-order valence-corrected chi connectivity index (χ1v) is 14.8. The summed E-state index contributed by atoms with van der Waals surface area (Å²) in [6.07, 6.45) is 1.67. The number of sulfonamides is 1. The molecule has 0 saturated heterocycles. The number of ether oxygens (including phenoxy) is 1. The molecule has 212 valence electrons. The summed E-state index contributed by atoms with van der Waals surface area (Å²) in [6.45, 7) is 9.31. The van der Waals surface area contributed by atoms with Gasteiger partial charge in [-0.15, -0.1) is 10.2 Å². The van der Waals surface area contributed by atoms with Gasteiger partial charge in [0.2, 0.25) is 21.8 Å². The van der Waals surface area contributed by atoms with Crippen molar-refractivity contribution < 1.29 is 17.6 Å². The first kappa shape index (κ1) is 29.0. The lowest BCUT2D eigenvalue weighted by atomic mass is 9.94. The van der Waals surface area contributed by atoms with Gasteiger partial charge in [-0.1, -0.05) is 37.3 Å². The highest BCUT2D eigenvalue weighted by Crippen LogP contribution is 2.39. The van der Waals surface area contributed by atoms with Crippen molar-refractivity contribution in [2.45, 2.75) is 51.3 Å². The van der Waals surface area contributed by atoms with Crippen LogP contribution in [0.2, 0.25) is 0 Å². The summed E-state index contributed by atoms with van der Waals surface area (Å²) in [4.78, 5) is 6.92. The van der Waals surface area contributed by atoms with Gasteiger partial charge in [0.25, 0.3) is 0 Å². The Hall–Kier alpha value is -3.02. The van der Waals surface area contributed by atoms with Crippen molar-refractivity contribution in [1.82, 2.24) is 15.2 Å². The number of hydrogen-bond donors (Lipinski definition) is 1. The number of methoxy groups -OCH3 is 1. The molecule has 2 N–H and O–H groups in total. The molecule has 1 aliphatic carbocycles. The van der Waals surface area contributed by atoms with Crippen LogP contribution in [0.1, 0.15) is 45.6 Å². The van der Waals surface area contributed by atoms with E-state index in [2.05, 4.69) is 22.0 Å². The van der Waals surface area contributed by atoms with Crippen LogP contribution in [0.5, 0.6) is 0 Å². The van der Waals surface area contributed by atoms with E-state index >= 15 is 0 Å². The quantitative estimate of drug-likeness (QED) is 0.334. The van der Waals surface area contributed by atoms with E-state index in [4.69, 9.17) is 19.9 Å². The van der Waals surface area contributed by atoms with Crippen LogP contribution in [0.15, 0.2) is 46.9 Å². The Kier molecular flexibility index (Phi) is 8.63. The Morgan fingerprint density at radius 1 is 1.18 bits per heavy atom. The first-order chi connectivity index (χ1) is 18.4. The van der Waals surface area contributed by atoms with Gasteiger partial charge < -0.3 is 19.8 Å². The van der Waals surface area contributed by atoms with Crippen LogP contribution < -0.4 is 14.9 Å². The molecule has 1 aromatic carbocycles. The van der Waals surface area contributed by atoms with Crippen molar-refractivity contribution in [3.05, 3.63) is 53.9 Å². The van der Waals surface area contributed by atoms with Crippen molar-refractivity contribution in [1.29, 1.82) is 0 Å². The SMILES string of the molecule is COCCN(CC1CC1C)c1cc(-c2nnc(C(C)(N)Cc3ccccc3)o2)cc(N(C)S(=O)(=O)C(C)C)n1. The van der Waals surface area contributed by atoms with E-state index < -0.39 is 20.8 Å². The zero-order valence-electron chi connectivity index (χ0n) is 23.7. The number of nitrogens with zero attached hydrogens (tertiary/aromatic N) is 5. The molecule has 0 amide bonds. The van der Waals surface area contributed by atoms with E-state index in [9.17, 15) is 8.42 Å². The van der Waals surface area contributed by atoms with E-state index in [1.165, 1.54) is 11.4 Å². The van der Waals surface area contributed by atoms with E-state index in [0.717, 1.165) is 18.5 Å². The molecule has 1 saturated carbocycles. The number of nitrogens with two attached hydrogens (primary N) is 1. The second-order valence-electron chi connectivity index (χ2n) is 11.0. The summed E-state index contributed by atoms with van der Waals surface area (Å²) in [7, 11) is -0.440. The van der Waals surface area contributed by atoms with E-state index in [-0.39, 0.29) is 11.7 Å². The van der Waals surface area contributed by atoms with E-state index in [0.29, 0.717) is 48.7 Å². The minimum atomic E-state index is -3.62. The van der Waals surface area contributed by atoms with Crippen LogP contribution in [0.25, 0.3) is 11.5 Å². The molecule has 3 unspecified atom stereocenters.